The van der Waals surface area contributed by atoms with Gasteiger partial charge in [-0.1, -0.05) is 6.07 Å². The molecular weight excluding hydrogens is 360 g/mol. The molecule has 150 valence electrons. The van der Waals surface area contributed by atoms with Gasteiger partial charge in [0.2, 0.25) is 0 Å². The van der Waals surface area contributed by atoms with E-state index in [-0.39, 0.29) is 6.04 Å². The number of carbonyl (C=O) groups excluding carboxylic acids is 1. The van der Waals surface area contributed by atoms with Gasteiger partial charge >= 0.3 is 5.97 Å². The zero-order valence-electron chi connectivity index (χ0n) is 16.4. The maximum absolute atomic E-state index is 12.2. The molecule has 1 fully saturated rings. The average molecular weight is 386 g/mol. The molecule has 3 N–H and O–H groups in total. The minimum atomic E-state index is -1.00. The van der Waals surface area contributed by atoms with Gasteiger partial charge in [-0.25, -0.2) is 4.79 Å². The lowest BCUT2D eigenvalue weighted by molar-refractivity contribution is -0.169. The summed E-state index contributed by atoms with van der Waals surface area (Å²) >= 11 is 0. The second-order valence-corrected chi connectivity index (χ2v) is 8.50. The Morgan fingerprint density at radius 1 is 1.46 bits per heavy atom. The molecule has 28 heavy (non-hydrogen) atoms. The summed E-state index contributed by atoms with van der Waals surface area (Å²) in [5.41, 5.74) is 6.23. The maximum Gasteiger partial charge on any atom is 0.327 e. The summed E-state index contributed by atoms with van der Waals surface area (Å²) in [5, 5.41) is 12.0. The maximum atomic E-state index is 12.2. The molecule has 7 heteroatoms. The van der Waals surface area contributed by atoms with Crippen molar-refractivity contribution in [2.24, 2.45) is 5.73 Å². The number of hydrogen-bond donors (Lipinski definition) is 2. The summed E-state index contributed by atoms with van der Waals surface area (Å²) in [6.07, 6.45) is 3.09. The van der Waals surface area contributed by atoms with Crippen molar-refractivity contribution in [2.45, 2.75) is 55.4 Å². The minimum absolute atomic E-state index is 0.0267. The fourth-order valence-electron chi connectivity index (χ4n) is 5.80. The van der Waals surface area contributed by atoms with Gasteiger partial charge in [-0.15, -0.1) is 0 Å². The van der Waals surface area contributed by atoms with Crippen molar-refractivity contribution in [1.82, 2.24) is 4.90 Å². The van der Waals surface area contributed by atoms with Crippen molar-refractivity contribution >= 4 is 5.97 Å². The van der Waals surface area contributed by atoms with Gasteiger partial charge in [-0.3, -0.25) is 0 Å². The first kappa shape index (κ1) is 18.0. The van der Waals surface area contributed by atoms with Crippen molar-refractivity contribution in [2.75, 3.05) is 20.7 Å². The summed E-state index contributed by atoms with van der Waals surface area (Å²) in [7, 11) is 3.67. The molecular formula is C21H26N2O5. The van der Waals surface area contributed by atoms with Crippen molar-refractivity contribution < 1.29 is 24.1 Å². The third-order valence-electron chi connectivity index (χ3n) is 7.15. The van der Waals surface area contributed by atoms with Crippen LogP contribution in [0.2, 0.25) is 0 Å². The predicted octanol–water partition coefficient (Wildman–Crippen LogP) is 0.863. The molecule has 1 unspecified atom stereocenters. The van der Waals surface area contributed by atoms with Crippen molar-refractivity contribution in [3.63, 3.8) is 0 Å². The summed E-state index contributed by atoms with van der Waals surface area (Å²) in [5.74, 6) is 1.25. The quantitative estimate of drug-likeness (QED) is 0.744. The lowest BCUT2D eigenvalue weighted by Crippen LogP contribution is -2.74. The van der Waals surface area contributed by atoms with Crippen LogP contribution in [0.5, 0.6) is 11.5 Å². The Morgan fingerprint density at radius 3 is 2.96 bits per heavy atom. The fraction of sp³-hybridized carbons (Fsp3) is 0.571. The highest BCUT2D eigenvalue weighted by atomic mass is 16.6. The van der Waals surface area contributed by atoms with Gasteiger partial charge in [0.25, 0.3) is 0 Å². The number of methoxy groups -OCH3 is 1. The molecule has 0 aromatic heterocycles. The Hall–Kier alpha value is -2.09. The number of carbonyl (C=O) groups is 1. The Bertz CT molecular complexity index is 897. The molecule has 0 radical (unpaired) electrons. The summed E-state index contributed by atoms with van der Waals surface area (Å²) < 4.78 is 17.6. The Kier molecular flexibility index (Phi) is 3.67. The number of ether oxygens (including phenoxy) is 3. The Labute approximate surface area is 164 Å². The molecule has 2 aliphatic heterocycles. The third-order valence-corrected chi connectivity index (χ3v) is 7.15. The van der Waals surface area contributed by atoms with Gasteiger partial charge in [0.1, 0.15) is 11.8 Å². The van der Waals surface area contributed by atoms with Crippen LogP contribution in [0.1, 0.15) is 30.9 Å². The van der Waals surface area contributed by atoms with E-state index in [9.17, 15) is 9.90 Å². The first-order chi connectivity index (χ1) is 13.3. The number of esters is 1. The number of hydrogen-bond acceptors (Lipinski definition) is 7. The lowest BCUT2D eigenvalue weighted by atomic mass is 9.50. The summed E-state index contributed by atoms with van der Waals surface area (Å²) in [6.45, 7) is 2.43. The first-order valence-corrected chi connectivity index (χ1v) is 9.80. The molecule has 2 heterocycles. The van der Waals surface area contributed by atoms with Crippen LogP contribution < -0.4 is 15.2 Å². The molecule has 2 bridgehead atoms. The molecule has 1 aromatic rings. The molecule has 5 rings (SSSR count). The van der Waals surface area contributed by atoms with E-state index in [1.165, 1.54) is 5.56 Å². The highest BCUT2D eigenvalue weighted by Crippen LogP contribution is 2.65. The van der Waals surface area contributed by atoms with E-state index >= 15 is 0 Å². The number of nitrogens with two attached hydrogens (primary N) is 1. The average Bonchev–Trinajstić information content (AvgIpc) is 3.02. The standard InChI is InChI=1S/C21H26N2O5/c1-11(22)19(24)27-14-6-7-21(25)15-10-12-4-5-13(26-3)17-16(12)20(21,18(14)28-17)8-9-23(15)2/h4-6,11,15,18,25H,7-10,22H2,1-3H3/t11-,15?,18-,20-,21-/m0/s1. The van der Waals surface area contributed by atoms with E-state index in [0.29, 0.717) is 30.1 Å². The van der Waals surface area contributed by atoms with Crippen molar-refractivity contribution in [1.29, 1.82) is 0 Å². The van der Waals surface area contributed by atoms with Crippen LogP contribution in [0.25, 0.3) is 0 Å². The van der Waals surface area contributed by atoms with Crippen LogP contribution >= 0.6 is 0 Å². The van der Waals surface area contributed by atoms with E-state index in [0.717, 1.165) is 18.5 Å². The van der Waals surface area contributed by atoms with Gasteiger partial charge in [0.05, 0.1) is 18.1 Å². The first-order valence-electron chi connectivity index (χ1n) is 9.80. The number of benzene rings is 1. The van der Waals surface area contributed by atoms with Crippen molar-refractivity contribution in [3.8, 4) is 11.5 Å². The fourth-order valence-corrected chi connectivity index (χ4v) is 5.80. The van der Waals surface area contributed by atoms with Gasteiger partial charge in [0.15, 0.2) is 17.6 Å². The monoisotopic (exact) mass is 386 g/mol. The van der Waals surface area contributed by atoms with Gasteiger partial charge in [-0.05, 0) is 51.1 Å². The van der Waals surface area contributed by atoms with Gasteiger partial charge in [-0.2, -0.15) is 0 Å². The zero-order valence-corrected chi connectivity index (χ0v) is 16.4. The van der Waals surface area contributed by atoms with E-state index in [2.05, 4.69) is 18.0 Å². The number of likely N-dealkylation sites (N-methyl/N-ethyl adjacent to an activating group) is 1. The third kappa shape index (κ3) is 1.97. The normalized spacial score (nSPS) is 36.1. The van der Waals surface area contributed by atoms with Gasteiger partial charge in [0, 0.05) is 18.0 Å². The smallest absolute Gasteiger partial charge is 0.327 e. The molecule has 0 amide bonds. The summed E-state index contributed by atoms with van der Waals surface area (Å²) in [6, 6.07) is 3.23. The molecule has 1 aromatic carbocycles. The Morgan fingerprint density at radius 2 is 2.25 bits per heavy atom. The molecule has 5 atom stereocenters. The number of aliphatic hydroxyl groups is 1. The topological polar surface area (TPSA) is 94.2 Å². The SMILES string of the molecule is COc1ccc2c3c1O[C@H]1C(OC(=O)[C@H](C)N)=CC[C@]4(O)C(C2)N(C)CC[C@]314. The second-order valence-electron chi connectivity index (χ2n) is 8.50. The predicted molar refractivity (Wildman–Crippen MR) is 101 cm³/mol. The van der Waals surface area contributed by atoms with E-state index in [1.807, 2.05) is 6.07 Å². The Balaban J connectivity index is 1.72. The minimum Gasteiger partial charge on any atom is -0.493 e. The molecule has 7 nitrogen and oxygen atoms in total. The number of rotatable bonds is 3. The van der Waals surface area contributed by atoms with Crippen LogP contribution in [0, 0.1) is 0 Å². The highest BCUT2D eigenvalue weighted by Gasteiger charge is 2.72. The van der Waals surface area contributed by atoms with Crippen molar-refractivity contribution in [3.05, 3.63) is 35.1 Å². The summed E-state index contributed by atoms with van der Waals surface area (Å²) in [4.78, 5) is 14.5. The molecule has 2 aliphatic carbocycles. The largest absolute Gasteiger partial charge is 0.493 e. The van der Waals surface area contributed by atoms with Crippen LogP contribution in [-0.2, 0) is 21.4 Å². The van der Waals surface area contributed by atoms with Crippen LogP contribution in [-0.4, -0.2) is 60.5 Å². The zero-order chi connectivity index (χ0) is 19.8. The molecule has 1 saturated heterocycles. The van der Waals surface area contributed by atoms with Crippen LogP contribution in [0.15, 0.2) is 24.0 Å². The number of likely N-dealkylation sites (tertiary alicyclic amines) is 1. The van der Waals surface area contributed by atoms with Gasteiger partial charge < -0.3 is 30.0 Å². The second kappa shape index (κ2) is 5.72. The van der Waals surface area contributed by atoms with Crippen LogP contribution in [0.3, 0.4) is 0 Å². The van der Waals surface area contributed by atoms with E-state index in [1.54, 1.807) is 20.1 Å². The highest BCUT2D eigenvalue weighted by molar-refractivity contribution is 5.76. The van der Waals surface area contributed by atoms with E-state index < -0.39 is 29.1 Å². The molecule has 0 saturated carbocycles. The lowest BCUT2D eigenvalue weighted by Gasteiger charge is -2.61. The number of piperidine rings is 1. The van der Waals surface area contributed by atoms with Crippen LogP contribution in [0.4, 0.5) is 0 Å². The van der Waals surface area contributed by atoms with E-state index in [4.69, 9.17) is 19.9 Å². The number of nitrogens with zero attached hydrogens (tertiary/aromatic N) is 1. The molecule has 4 aliphatic rings. The molecule has 1 spiro atoms.